The van der Waals surface area contributed by atoms with E-state index in [9.17, 15) is 0 Å². The van der Waals surface area contributed by atoms with Gasteiger partial charge in [0.25, 0.3) is 0 Å². The zero-order valence-corrected chi connectivity index (χ0v) is 23.8. The first kappa shape index (κ1) is 31.2. The highest BCUT2D eigenvalue weighted by Gasteiger charge is 2.09. The lowest BCUT2D eigenvalue weighted by Crippen LogP contribution is -2.26. The summed E-state index contributed by atoms with van der Waals surface area (Å²) in [5.74, 6) is 0. The Hall–Kier alpha value is -0.860. The molecule has 0 aliphatic carbocycles. The molecule has 0 aliphatic heterocycles. The molecule has 0 heterocycles. The van der Waals surface area contributed by atoms with Gasteiger partial charge in [-0.15, -0.1) is 0 Å². The van der Waals surface area contributed by atoms with Crippen LogP contribution in [0.1, 0.15) is 142 Å². The number of hydrogen-bond donors (Lipinski definition) is 0. The molecule has 0 amide bonds. The van der Waals surface area contributed by atoms with Gasteiger partial charge in [0.2, 0.25) is 0 Å². The highest BCUT2D eigenvalue weighted by molar-refractivity contribution is 5.22. The zero-order valence-electron chi connectivity index (χ0n) is 23.8. The quantitative estimate of drug-likeness (QED) is 0.138. The van der Waals surface area contributed by atoms with Crippen LogP contribution < -0.4 is 0 Å². The Balaban J connectivity index is 2.59. The molecule has 0 atom stereocenters. The monoisotopic (exact) mass is 472 g/mol. The summed E-state index contributed by atoms with van der Waals surface area (Å²) >= 11 is 0. The Morgan fingerprint density at radius 1 is 0.382 bits per heavy atom. The number of unbranched alkanes of at least 4 members (excludes halogenated alkanes) is 12. The average molecular weight is 473 g/mol. The fraction of sp³-hybridized carbons (Fsp3) is 0.812. The van der Waals surface area contributed by atoms with Crippen LogP contribution in [0.25, 0.3) is 0 Å². The van der Waals surface area contributed by atoms with Crippen LogP contribution >= 0.6 is 0 Å². The van der Waals surface area contributed by atoms with Crippen LogP contribution in [-0.4, -0.2) is 36.0 Å². The summed E-state index contributed by atoms with van der Waals surface area (Å²) in [6, 6.07) is 9.64. The molecule has 1 rings (SSSR count). The lowest BCUT2D eigenvalue weighted by molar-refractivity contribution is 0.250. The first-order valence-corrected chi connectivity index (χ1v) is 15.3. The predicted octanol–water partition coefficient (Wildman–Crippen LogP) is 9.61. The summed E-state index contributed by atoms with van der Waals surface area (Å²) in [5.41, 5.74) is 2.99. The Bertz CT molecular complexity index is 465. The van der Waals surface area contributed by atoms with Gasteiger partial charge < -0.3 is 0 Å². The van der Waals surface area contributed by atoms with Gasteiger partial charge in [-0.3, -0.25) is 9.80 Å². The molecule has 0 unspecified atom stereocenters. The van der Waals surface area contributed by atoms with E-state index in [-0.39, 0.29) is 0 Å². The molecule has 1 aromatic carbocycles. The fourth-order valence-electron chi connectivity index (χ4n) is 4.86. The Kier molecular flexibility index (Phi) is 20.7. The molecule has 0 aliphatic rings. The van der Waals surface area contributed by atoms with Crippen LogP contribution in [0.4, 0.5) is 0 Å². The second-order valence-corrected chi connectivity index (χ2v) is 10.6. The van der Waals surface area contributed by atoms with Gasteiger partial charge in [0.1, 0.15) is 0 Å². The first-order chi connectivity index (χ1) is 16.7. The van der Waals surface area contributed by atoms with Crippen molar-refractivity contribution >= 4 is 0 Å². The first-order valence-electron chi connectivity index (χ1n) is 15.3. The second kappa shape index (κ2) is 22.6. The number of benzene rings is 1. The molecule has 0 spiro atoms. The minimum atomic E-state index is 1.12. The van der Waals surface area contributed by atoms with Crippen molar-refractivity contribution in [1.29, 1.82) is 0 Å². The van der Waals surface area contributed by atoms with Crippen molar-refractivity contribution in [2.45, 2.75) is 144 Å². The summed E-state index contributed by atoms with van der Waals surface area (Å²) in [6.45, 7) is 16.5. The van der Waals surface area contributed by atoms with Gasteiger partial charge in [-0.1, -0.05) is 129 Å². The van der Waals surface area contributed by atoms with Crippen molar-refractivity contribution in [3.05, 3.63) is 35.4 Å². The normalized spacial score (nSPS) is 11.7. The molecular weight excluding hydrogens is 412 g/mol. The third-order valence-corrected chi connectivity index (χ3v) is 7.15. The molecule has 0 aromatic heterocycles. The van der Waals surface area contributed by atoms with Gasteiger partial charge in [-0.05, 0) is 63.0 Å². The molecule has 0 saturated carbocycles. The smallest absolute Gasteiger partial charge is 0.0233 e. The van der Waals surface area contributed by atoms with Crippen LogP contribution in [-0.2, 0) is 13.1 Å². The van der Waals surface area contributed by atoms with Crippen LogP contribution in [0, 0.1) is 0 Å². The molecule has 2 nitrogen and oxygen atoms in total. The highest BCUT2D eigenvalue weighted by Crippen LogP contribution is 2.14. The van der Waals surface area contributed by atoms with Crippen LogP contribution in [0.2, 0.25) is 0 Å². The molecule has 0 radical (unpaired) electrons. The largest absolute Gasteiger partial charge is 0.299 e. The minimum absolute atomic E-state index is 1.12. The minimum Gasteiger partial charge on any atom is -0.299 e. The van der Waals surface area contributed by atoms with Gasteiger partial charge in [-0.25, -0.2) is 0 Å². The van der Waals surface area contributed by atoms with Gasteiger partial charge in [0, 0.05) is 13.1 Å². The van der Waals surface area contributed by atoms with E-state index in [0.717, 1.165) is 13.1 Å². The van der Waals surface area contributed by atoms with Crippen molar-refractivity contribution in [3.8, 4) is 0 Å². The number of hydrogen-bond acceptors (Lipinski definition) is 2. The standard InChI is InChI=1S/C32H60N2/c1-5-9-13-17-25-33(26-18-14-10-6-2)29-31-21-23-32(24-22-31)30-34(27-19-15-11-7-3)28-20-16-12-8-4/h21-24H,5-20,25-30H2,1-4H3. The van der Waals surface area contributed by atoms with Crippen LogP contribution in [0.5, 0.6) is 0 Å². The summed E-state index contributed by atoms with van der Waals surface area (Å²) in [6.07, 6.45) is 21.8. The van der Waals surface area contributed by atoms with E-state index >= 15 is 0 Å². The van der Waals surface area contributed by atoms with Crippen molar-refractivity contribution in [2.75, 3.05) is 26.2 Å². The summed E-state index contributed by atoms with van der Waals surface area (Å²) in [4.78, 5) is 5.43. The Labute approximate surface area is 214 Å². The van der Waals surface area contributed by atoms with Crippen molar-refractivity contribution < 1.29 is 0 Å². The maximum Gasteiger partial charge on any atom is 0.0233 e. The highest BCUT2D eigenvalue weighted by atomic mass is 15.1. The third-order valence-electron chi connectivity index (χ3n) is 7.15. The Morgan fingerprint density at radius 3 is 0.882 bits per heavy atom. The molecule has 0 bridgehead atoms. The maximum absolute atomic E-state index is 2.72. The predicted molar refractivity (Wildman–Crippen MR) is 154 cm³/mol. The van der Waals surface area contributed by atoms with E-state index in [4.69, 9.17) is 0 Å². The summed E-state index contributed by atoms with van der Waals surface area (Å²) in [5, 5.41) is 0. The van der Waals surface area contributed by atoms with Gasteiger partial charge in [0.05, 0.1) is 0 Å². The van der Waals surface area contributed by atoms with Gasteiger partial charge in [0.15, 0.2) is 0 Å². The fourth-order valence-corrected chi connectivity index (χ4v) is 4.86. The molecule has 198 valence electrons. The van der Waals surface area contributed by atoms with Crippen LogP contribution in [0.15, 0.2) is 24.3 Å². The summed E-state index contributed by atoms with van der Waals surface area (Å²) < 4.78 is 0. The average Bonchev–Trinajstić information content (AvgIpc) is 2.85. The molecule has 0 saturated heterocycles. The Morgan fingerprint density at radius 2 is 0.647 bits per heavy atom. The van der Waals surface area contributed by atoms with E-state index in [1.165, 1.54) is 140 Å². The lowest BCUT2D eigenvalue weighted by Gasteiger charge is -2.24. The van der Waals surface area contributed by atoms with E-state index in [1.807, 2.05) is 0 Å². The maximum atomic E-state index is 2.72. The molecule has 0 N–H and O–H groups in total. The van der Waals surface area contributed by atoms with Crippen LogP contribution in [0.3, 0.4) is 0 Å². The molecule has 1 aromatic rings. The molecule has 34 heavy (non-hydrogen) atoms. The molecule has 0 fully saturated rings. The SMILES string of the molecule is CCCCCCN(CCCCCC)Cc1ccc(CN(CCCCCC)CCCCCC)cc1. The molecule has 2 heteroatoms. The lowest BCUT2D eigenvalue weighted by atomic mass is 10.1. The van der Waals surface area contributed by atoms with E-state index in [2.05, 4.69) is 61.8 Å². The topological polar surface area (TPSA) is 6.48 Å². The number of rotatable bonds is 24. The third kappa shape index (κ3) is 16.7. The zero-order chi connectivity index (χ0) is 24.7. The van der Waals surface area contributed by atoms with Crippen molar-refractivity contribution in [3.63, 3.8) is 0 Å². The number of nitrogens with zero attached hydrogens (tertiary/aromatic N) is 2. The second-order valence-electron chi connectivity index (χ2n) is 10.6. The van der Waals surface area contributed by atoms with Gasteiger partial charge >= 0.3 is 0 Å². The van der Waals surface area contributed by atoms with Crippen molar-refractivity contribution in [2.24, 2.45) is 0 Å². The summed E-state index contributed by atoms with van der Waals surface area (Å²) in [7, 11) is 0. The van der Waals surface area contributed by atoms with Gasteiger partial charge in [-0.2, -0.15) is 0 Å². The van der Waals surface area contributed by atoms with Crippen molar-refractivity contribution in [1.82, 2.24) is 9.80 Å². The van der Waals surface area contributed by atoms with E-state index in [1.54, 1.807) is 0 Å². The van der Waals surface area contributed by atoms with E-state index < -0.39 is 0 Å². The molecular formula is C32H60N2. The van der Waals surface area contributed by atoms with E-state index in [0.29, 0.717) is 0 Å².